The molecule has 1 amide bonds. The number of benzene rings is 1. The van der Waals surface area contributed by atoms with E-state index in [2.05, 4.69) is 31.6 Å². The van der Waals surface area contributed by atoms with E-state index in [0.29, 0.717) is 17.8 Å². The minimum atomic E-state index is -0.0304. The summed E-state index contributed by atoms with van der Waals surface area (Å²) in [7, 11) is 0. The summed E-state index contributed by atoms with van der Waals surface area (Å²) in [6, 6.07) is 13.3. The van der Waals surface area contributed by atoms with Crippen LogP contribution in [0.5, 0.6) is 0 Å². The quantitative estimate of drug-likeness (QED) is 0.642. The van der Waals surface area contributed by atoms with Gasteiger partial charge in [-0.2, -0.15) is 5.26 Å². The summed E-state index contributed by atoms with van der Waals surface area (Å²) in [4.78, 5) is 17.4. The molecule has 1 fully saturated rings. The van der Waals surface area contributed by atoms with Crippen molar-refractivity contribution in [2.24, 2.45) is 5.92 Å². The maximum atomic E-state index is 13.3. The number of aromatic nitrogens is 5. The van der Waals surface area contributed by atoms with Crippen molar-refractivity contribution in [2.75, 3.05) is 24.5 Å². The molecule has 0 bridgehead atoms. The number of anilines is 1. The molecule has 1 unspecified atom stereocenters. The van der Waals surface area contributed by atoms with Gasteiger partial charge in [-0.3, -0.25) is 4.79 Å². The van der Waals surface area contributed by atoms with E-state index in [4.69, 9.17) is 5.26 Å². The van der Waals surface area contributed by atoms with Gasteiger partial charge >= 0.3 is 0 Å². The van der Waals surface area contributed by atoms with Gasteiger partial charge in [0, 0.05) is 25.6 Å². The second-order valence-electron chi connectivity index (χ2n) is 7.51. The highest BCUT2D eigenvalue weighted by molar-refractivity contribution is 5.79. The van der Waals surface area contributed by atoms with Crippen LogP contribution in [0, 0.1) is 17.2 Å². The summed E-state index contributed by atoms with van der Waals surface area (Å²) in [5.74, 6) is 1.01. The number of hydrogen-bond donors (Lipinski definition) is 0. The molecule has 9 heteroatoms. The van der Waals surface area contributed by atoms with Gasteiger partial charge in [0.2, 0.25) is 5.91 Å². The Labute approximate surface area is 174 Å². The van der Waals surface area contributed by atoms with Crippen molar-refractivity contribution in [3.8, 4) is 6.07 Å². The van der Waals surface area contributed by atoms with E-state index in [0.717, 1.165) is 37.3 Å². The zero-order valence-electron chi connectivity index (χ0n) is 17.1. The average Bonchev–Trinajstić information content (AvgIpc) is 3.27. The van der Waals surface area contributed by atoms with Gasteiger partial charge in [0.1, 0.15) is 0 Å². The molecule has 30 heavy (non-hydrogen) atoms. The van der Waals surface area contributed by atoms with Gasteiger partial charge in [0.05, 0.1) is 17.7 Å². The fourth-order valence-electron chi connectivity index (χ4n) is 4.04. The van der Waals surface area contributed by atoms with Gasteiger partial charge in [-0.15, -0.1) is 14.8 Å². The number of hydrogen-bond acceptors (Lipinski definition) is 7. The molecule has 154 valence electrons. The van der Waals surface area contributed by atoms with Crippen LogP contribution < -0.4 is 4.90 Å². The van der Waals surface area contributed by atoms with Gasteiger partial charge in [-0.05, 0) is 66.9 Å². The van der Waals surface area contributed by atoms with Gasteiger partial charge in [0.25, 0.3) is 0 Å². The Balaban J connectivity index is 1.41. The van der Waals surface area contributed by atoms with E-state index >= 15 is 0 Å². The number of nitrogens with zero attached hydrogens (tertiary/aromatic N) is 8. The number of tetrazole rings is 1. The van der Waals surface area contributed by atoms with Crippen molar-refractivity contribution in [1.29, 1.82) is 5.26 Å². The minimum absolute atomic E-state index is 0.00111. The number of fused-ring (bicyclic) bond motifs is 1. The third kappa shape index (κ3) is 3.81. The first-order valence-corrected chi connectivity index (χ1v) is 10.2. The second-order valence-corrected chi connectivity index (χ2v) is 7.51. The molecule has 2 aromatic heterocycles. The van der Waals surface area contributed by atoms with Crippen LogP contribution in [-0.2, 0) is 4.79 Å². The standard InChI is InChI=1S/C21H24N8O/c1-3-28(15(2)17-6-4-16(14-22)5-7-17)21(30)18-10-12-27(13-11-18)20-9-8-19-23-25-26-29(19)24-20/h4-9,15,18H,3,10-13H2,1-2H3. The fraction of sp³-hybridized carbons (Fsp3) is 0.429. The summed E-state index contributed by atoms with van der Waals surface area (Å²) >= 11 is 0. The molecular formula is C21H24N8O. The molecule has 1 aliphatic rings. The van der Waals surface area contributed by atoms with Crippen molar-refractivity contribution in [3.63, 3.8) is 0 Å². The maximum absolute atomic E-state index is 13.3. The van der Waals surface area contributed by atoms with Gasteiger partial charge in [-0.1, -0.05) is 12.1 Å². The molecule has 1 atom stereocenters. The average molecular weight is 404 g/mol. The molecule has 0 aliphatic carbocycles. The minimum Gasteiger partial charge on any atom is -0.355 e. The maximum Gasteiger partial charge on any atom is 0.226 e. The molecule has 9 nitrogen and oxygen atoms in total. The SMILES string of the molecule is CCN(C(=O)C1CCN(c2ccc3nnnn3n2)CC1)C(C)c1ccc(C#N)cc1. The number of nitriles is 1. The first kappa shape index (κ1) is 19.8. The number of amides is 1. The largest absolute Gasteiger partial charge is 0.355 e. The van der Waals surface area contributed by atoms with E-state index in [9.17, 15) is 4.79 Å². The topological polar surface area (TPSA) is 103 Å². The second kappa shape index (κ2) is 8.45. The summed E-state index contributed by atoms with van der Waals surface area (Å²) in [6.45, 7) is 6.24. The zero-order chi connectivity index (χ0) is 21.1. The molecule has 3 aromatic rings. The lowest BCUT2D eigenvalue weighted by Gasteiger charge is -2.36. The van der Waals surface area contributed by atoms with E-state index in [1.54, 1.807) is 12.1 Å². The number of carbonyl (C=O) groups is 1. The molecule has 4 rings (SSSR count). The van der Waals surface area contributed by atoms with Crippen LogP contribution in [0.15, 0.2) is 36.4 Å². The van der Waals surface area contributed by atoms with Crippen LogP contribution in [-0.4, -0.2) is 55.7 Å². The summed E-state index contributed by atoms with van der Waals surface area (Å²) in [5, 5.41) is 24.8. The van der Waals surface area contributed by atoms with E-state index < -0.39 is 0 Å². The Morgan fingerprint density at radius 3 is 2.63 bits per heavy atom. The number of carbonyl (C=O) groups excluding carboxylic acids is 1. The van der Waals surface area contributed by atoms with Crippen LogP contribution in [0.4, 0.5) is 5.82 Å². The normalized spacial score (nSPS) is 15.7. The molecule has 3 heterocycles. The molecule has 1 saturated heterocycles. The van der Waals surface area contributed by atoms with Crippen molar-refractivity contribution in [2.45, 2.75) is 32.7 Å². The van der Waals surface area contributed by atoms with Gasteiger partial charge in [0.15, 0.2) is 11.5 Å². The van der Waals surface area contributed by atoms with E-state index in [1.165, 1.54) is 4.63 Å². The Bertz CT molecular complexity index is 1060. The first-order chi connectivity index (χ1) is 14.6. The zero-order valence-corrected chi connectivity index (χ0v) is 17.1. The van der Waals surface area contributed by atoms with Crippen LogP contribution in [0.3, 0.4) is 0 Å². The van der Waals surface area contributed by atoms with Crippen molar-refractivity contribution >= 4 is 17.4 Å². The first-order valence-electron chi connectivity index (χ1n) is 10.2. The van der Waals surface area contributed by atoms with Crippen LogP contribution >= 0.6 is 0 Å². The molecule has 0 radical (unpaired) electrons. The molecule has 0 spiro atoms. The highest BCUT2D eigenvalue weighted by Crippen LogP contribution is 2.28. The Hall–Kier alpha value is -3.54. The predicted molar refractivity (Wildman–Crippen MR) is 110 cm³/mol. The Morgan fingerprint density at radius 1 is 1.23 bits per heavy atom. The monoisotopic (exact) mass is 404 g/mol. The smallest absolute Gasteiger partial charge is 0.226 e. The molecule has 1 aliphatic heterocycles. The number of rotatable bonds is 5. The van der Waals surface area contributed by atoms with E-state index in [-0.39, 0.29) is 17.9 Å². The lowest BCUT2D eigenvalue weighted by Crippen LogP contribution is -2.43. The van der Waals surface area contributed by atoms with Crippen LogP contribution in [0.2, 0.25) is 0 Å². The van der Waals surface area contributed by atoms with Gasteiger partial charge in [-0.25, -0.2) is 0 Å². The number of piperidine rings is 1. The fourth-order valence-corrected chi connectivity index (χ4v) is 4.04. The summed E-state index contributed by atoms with van der Waals surface area (Å²) in [5.41, 5.74) is 2.28. The molecule has 1 aromatic carbocycles. The lowest BCUT2D eigenvalue weighted by molar-refractivity contribution is -0.138. The third-order valence-corrected chi connectivity index (χ3v) is 5.84. The van der Waals surface area contributed by atoms with Gasteiger partial charge < -0.3 is 9.80 Å². The lowest BCUT2D eigenvalue weighted by atomic mass is 9.94. The summed E-state index contributed by atoms with van der Waals surface area (Å²) in [6.07, 6.45) is 1.56. The highest BCUT2D eigenvalue weighted by Gasteiger charge is 2.31. The Kier molecular flexibility index (Phi) is 5.57. The molecule has 0 saturated carbocycles. The van der Waals surface area contributed by atoms with Crippen LogP contribution in [0.1, 0.15) is 43.9 Å². The van der Waals surface area contributed by atoms with Crippen molar-refractivity contribution in [1.82, 2.24) is 30.2 Å². The predicted octanol–water partition coefficient (Wildman–Crippen LogP) is 2.22. The molecular weight excluding hydrogens is 380 g/mol. The van der Waals surface area contributed by atoms with Crippen molar-refractivity contribution < 1.29 is 4.79 Å². The summed E-state index contributed by atoms with van der Waals surface area (Å²) < 4.78 is 1.42. The molecule has 0 N–H and O–H groups in total. The highest BCUT2D eigenvalue weighted by atomic mass is 16.2. The van der Waals surface area contributed by atoms with Crippen LogP contribution in [0.25, 0.3) is 5.65 Å². The third-order valence-electron chi connectivity index (χ3n) is 5.84. The Morgan fingerprint density at radius 2 is 1.97 bits per heavy atom. The van der Waals surface area contributed by atoms with Crippen molar-refractivity contribution in [3.05, 3.63) is 47.5 Å². The van der Waals surface area contributed by atoms with E-state index in [1.807, 2.05) is 43.0 Å².